The van der Waals surface area contributed by atoms with Crippen LogP contribution in [-0.2, 0) is 0 Å². The maximum Gasteiger partial charge on any atom is 0.0992 e. The van der Waals surface area contributed by atoms with Gasteiger partial charge in [0, 0.05) is 17.8 Å². The largest absolute Gasteiger partial charge is 0.396 e. The first kappa shape index (κ1) is 8.91. The fraction of sp³-hybridized carbons (Fsp3) is 0. The van der Waals surface area contributed by atoms with E-state index in [9.17, 15) is 0 Å². The Bertz CT molecular complexity index is 629. The van der Waals surface area contributed by atoms with E-state index in [4.69, 9.17) is 5.73 Å². The van der Waals surface area contributed by atoms with Gasteiger partial charge in [-0.05, 0) is 6.07 Å². The van der Waals surface area contributed by atoms with Crippen LogP contribution in [0.2, 0.25) is 0 Å². The summed E-state index contributed by atoms with van der Waals surface area (Å²) in [7, 11) is 0. The van der Waals surface area contributed by atoms with Crippen molar-refractivity contribution in [2.24, 2.45) is 0 Å². The van der Waals surface area contributed by atoms with E-state index in [1.807, 2.05) is 35.0 Å². The first-order valence-electron chi connectivity index (χ1n) is 4.98. The third-order valence-electron chi connectivity index (χ3n) is 2.54. The van der Waals surface area contributed by atoms with Gasteiger partial charge >= 0.3 is 0 Å². The van der Waals surface area contributed by atoms with Crippen LogP contribution in [0.15, 0.2) is 49.2 Å². The molecule has 3 rings (SSSR count). The first-order valence-corrected chi connectivity index (χ1v) is 4.98. The SMILES string of the molecule is Nc1cnc2ccccc2c1-n1ccnc1. The average molecular weight is 210 g/mol. The highest BCUT2D eigenvalue weighted by Crippen LogP contribution is 2.25. The lowest BCUT2D eigenvalue weighted by atomic mass is 10.1. The van der Waals surface area contributed by atoms with Crippen LogP contribution in [0.3, 0.4) is 0 Å². The third-order valence-corrected chi connectivity index (χ3v) is 2.54. The maximum atomic E-state index is 5.97. The molecule has 2 heterocycles. The zero-order valence-corrected chi connectivity index (χ0v) is 8.54. The van der Waals surface area contributed by atoms with Gasteiger partial charge in [-0.2, -0.15) is 0 Å². The second-order valence-corrected chi connectivity index (χ2v) is 3.55. The Morgan fingerprint density at radius 3 is 2.88 bits per heavy atom. The number of aromatic nitrogens is 3. The molecular weight excluding hydrogens is 200 g/mol. The van der Waals surface area contributed by atoms with Crippen molar-refractivity contribution >= 4 is 16.6 Å². The molecule has 0 amide bonds. The topological polar surface area (TPSA) is 56.7 Å². The van der Waals surface area contributed by atoms with Gasteiger partial charge in [-0.3, -0.25) is 4.98 Å². The van der Waals surface area contributed by atoms with Crippen molar-refractivity contribution in [3.05, 3.63) is 49.2 Å². The van der Waals surface area contributed by atoms with Crippen LogP contribution in [0.5, 0.6) is 0 Å². The molecule has 78 valence electrons. The van der Waals surface area contributed by atoms with Gasteiger partial charge < -0.3 is 10.3 Å². The number of benzene rings is 1. The van der Waals surface area contributed by atoms with Crippen LogP contribution < -0.4 is 5.73 Å². The molecule has 0 aliphatic carbocycles. The number of pyridine rings is 1. The van der Waals surface area contributed by atoms with Crippen molar-refractivity contribution in [3.63, 3.8) is 0 Å². The van der Waals surface area contributed by atoms with Gasteiger partial charge in [0.2, 0.25) is 0 Å². The van der Waals surface area contributed by atoms with E-state index in [0.717, 1.165) is 16.6 Å². The standard InChI is InChI=1S/C12H10N4/c13-10-7-15-11-4-2-1-3-9(11)12(10)16-6-5-14-8-16/h1-8H,13H2. The van der Waals surface area contributed by atoms with Crippen molar-refractivity contribution in [1.82, 2.24) is 14.5 Å². The summed E-state index contributed by atoms with van der Waals surface area (Å²) < 4.78 is 1.90. The van der Waals surface area contributed by atoms with Gasteiger partial charge in [-0.1, -0.05) is 18.2 Å². The van der Waals surface area contributed by atoms with Crippen LogP contribution in [-0.4, -0.2) is 14.5 Å². The molecule has 2 aromatic heterocycles. The summed E-state index contributed by atoms with van der Waals surface area (Å²) in [4.78, 5) is 8.33. The zero-order chi connectivity index (χ0) is 11.0. The Balaban J connectivity index is 2.42. The summed E-state index contributed by atoms with van der Waals surface area (Å²) in [6.45, 7) is 0. The second kappa shape index (κ2) is 3.34. The van der Waals surface area contributed by atoms with Gasteiger partial charge in [-0.25, -0.2) is 4.98 Å². The second-order valence-electron chi connectivity index (χ2n) is 3.55. The molecule has 1 aromatic carbocycles. The number of hydrogen-bond acceptors (Lipinski definition) is 3. The summed E-state index contributed by atoms with van der Waals surface area (Å²) in [5, 5.41) is 1.03. The van der Waals surface area contributed by atoms with E-state index < -0.39 is 0 Å². The molecule has 4 nitrogen and oxygen atoms in total. The number of hydrogen-bond donors (Lipinski definition) is 1. The van der Waals surface area contributed by atoms with Crippen LogP contribution in [0.4, 0.5) is 5.69 Å². The van der Waals surface area contributed by atoms with Crippen molar-refractivity contribution < 1.29 is 0 Å². The van der Waals surface area contributed by atoms with Crippen LogP contribution in [0.25, 0.3) is 16.6 Å². The minimum atomic E-state index is 0.650. The predicted molar refractivity (Wildman–Crippen MR) is 63.3 cm³/mol. The van der Waals surface area contributed by atoms with Gasteiger partial charge in [0.15, 0.2) is 0 Å². The number of rotatable bonds is 1. The van der Waals surface area contributed by atoms with Crippen LogP contribution in [0.1, 0.15) is 0 Å². The van der Waals surface area contributed by atoms with E-state index >= 15 is 0 Å². The van der Waals surface area contributed by atoms with Gasteiger partial charge in [0.05, 0.1) is 29.4 Å². The van der Waals surface area contributed by atoms with Gasteiger partial charge in [-0.15, -0.1) is 0 Å². The minimum absolute atomic E-state index is 0.650. The lowest BCUT2D eigenvalue weighted by Crippen LogP contribution is -1.99. The summed E-state index contributed by atoms with van der Waals surface area (Å²) in [5.41, 5.74) is 8.48. The van der Waals surface area contributed by atoms with Crippen molar-refractivity contribution in [3.8, 4) is 5.69 Å². The molecule has 0 fully saturated rings. The van der Waals surface area contributed by atoms with Crippen molar-refractivity contribution in [1.29, 1.82) is 0 Å². The highest BCUT2D eigenvalue weighted by atomic mass is 15.0. The van der Waals surface area contributed by atoms with Gasteiger partial charge in [0.1, 0.15) is 0 Å². The smallest absolute Gasteiger partial charge is 0.0992 e. The van der Waals surface area contributed by atoms with Crippen LogP contribution in [0, 0.1) is 0 Å². The number of nitrogens with two attached hydrogens (primary N) is 1. The highest BCUT2D eigenvalue weighted by Gasteiger charge is 2.07. The number of nitrogen functional groups attached to an aromatic ring is 1. The molecule has 0 aliphatic rings. The number of imidazole rings is 1. The molecule has 0 bridgehead atoms. The summed E-state index contributed by atoms with van der Waals surface area (Å²) >= 11 is 0. The quantitative estimate of drug-likeness (QED) is 0.668. The number of fused-ring (bicyclic) bond motifs is 1. The van der Waals surface area contributed by atoms with Crippen LogP contribution >= 0.6 is 0 Å². The van der Waals surface area contributed by atoms with Crippen molar-refractivity contribution in [2.45, 2.75) is 0 Å². The normalized spacial score (nSPS) is 10.8. The summed E-state index contributed by atoms with van der Waals surface area (Å²) in [6, 6.07) is 7.91. The number of para-hydroxylation sites is 1. The molecule has 0 aliphatic heterocycles. The molecule has 0 radical (unpaired) electrons. The molecule has 0 unspecified atom stereocenters. The van der Waals surface area contributed by atoms with E-state index in [1.165, 1.54) is 0 Å². The Kier molecular flexibility index (Phi) is 1.86. The highest BCUT2D eigenvalue weighted by molar-refractivity contribution is 5.91. The lowest BCUT2D eigenvalue weighted by Gasteiger charge is -2.09. The molecule has 0 saturated carbocycles. The Morgan fingerprint density at radius 1 is 1.19 bits per heavy atom. The van der Waals surface area contributed by atoms with E-state index in [2.05, 4.69) is 9.97 Å². The van der Waals surface area contributed by atoms with E-state index in [0.29, 0.717) is 5.69 Å². The van der Waals surface area contributed by atoms with E-state index in [1.54, 1.807) is 18.7 Å². The molecule has 0 saturated heterocycles. The monoisotopic (exact) mass is 210 g/mol. The van der Waals surface area contributed by atoms with E-state index in [-0.39, 0.29) is 0 Å². The Hall–Kier alpha value is -2.36. The summed E-state index contributed by atoms with van der Waals surface area (Å²) in [6.07, 6.45) is 7.02. The van der Waals surface area contributed by atoms with Gasteiger partial charge in [0.25, 0.3) is 0 Å². The molecule has 16 heavy (non-hydrogen) atoms. The molecular formula is C12H10N4. The first-order chi connectivity index (χ1) is 7.86. The predicted octanol–water partition coefficient (Wildman–Crippen LogP) is 2.00. The lowest BCUT2D eigenvalue weighted by molar-refractivity contribution is 1.07. The minimum Gasteiger partial charge on any atom is -0.396 e. The fourth-order valence-corrected chi connectivity index (χ4v) is 1.82. The zero-order valence-electron chi connectivity index (χ0n) is 8.54. The fourth-order valence-electron chi connectivity index (χ4n) is 1.82. The molecule has 2 N–H and O–H groups in total. The molecule has 3 aromatic rings. The summed E-state index contributed by atoms with van der Waals surface area (Å²) in [5.74, 6) is 0. The Morgan fingerprint density at radius 2 is 2.06 bits per heavy atom. The number of anilines is 1. The van der Waals surface area contributed by atoms with Crippen molar-refractivity contribution in [2.75, 3.05) is 5.73 Å². The molecule has 0 spiro atoms. The number of nitrogens with zero attached hydrogens (tertiary/aromatic N) is 3. The average Bonchev–Trinajstić information content (AvgIpc) is 2.82. The molecule has 4 heteroatoms. The third kappa shape index (κ3) is 1.24. The molecule has 0 atom stereocenters. The Labute approximate surface area is 92.4 Å². The maximum absolute atomic E-state index is 5.97.